The number of aryl methyl sites for hydroxylation is 1. The average Bonchev–Trinajstić information content (AvgIpc) is 2.65. The first kappa shape index (κ1) is 14.5. The van der Waals surface area contributed by atoms with Gasteiger partial charge in [-0.3, -0.25) is 0 Å². The van der Waals surface area contributed by atoms with Crippen LogP contribution in [0.1, 0.15) is 5.82 Å². The monoisotopic (exact) mass is 312 g/mol. The van der Waals surface area contributed by atoms with Gasteiger partial charge in [-0.1, -0.05) is 0 Å². The number of rotatable bonds is 4. The molecule has 2 rings (SSSR count). The van der Waals surface area contributed by atoms with Gasteiger partial charge in [0.15, 0.2) is 0 Å². The summed E-state index contributed by atoms with van der Waals surface area (Å²) >= 11 is 5.58. The van der Waals surface area contributed by atoms with E-state index in [9.17, 15) is 17.6 Å². The van der Waals surface area contributed by atoms with Gasteiger partial charge in [0.05, 0.1) is 16.9 Å². The van der Waals surface area contributed by atoms with E-state index in [2.05, 4.69) is 4.98 Å². The summed E-state index contributed by atoms with van der Waals surface area (Å²) in [6.45, 7) is 0.0756. The molecule has 19 heavy (non-hydrogen) atoms. The first-order valence-corrected chi connectivity index (χ1v) is 6.84. The largest absolute Gasteiger partial charge is 0.441 e. The second-order valence-corrected chi connectivity index (χ2v) is 5.17. The first-order valence-electron chi connectivity index (χ1n) is 5.32. The van der Waals surface area contributed by atoms with Crippen molar-refractivity contribution in [1.29, 1.82) is 0 Å². The minimum atomic E-state index is -4.28. The summed E-state index contributed by atoms with van der Waals surface area (Å²) in [5.74, 6) is -0.134. The highest BCUT2D eigenvalue weighted by Gasteiger charge is 2.27. The lowest BCUT2D eigenvalue weighted by Gasteiger charge is -2.09. The van der Waals surface area contributed by atoms with E-state index in [1.165, 1.54) is 22.8 Å². The third-order valence-corrected chi connectivity index (χ3v) is 3.44. The Labute approximate surface area is 115 Å². The molecule has 0 spiro atoms. The number of fused-ring (bicyclic) bond motifs is 1. The Morgan fingerprint density at radius 2 is 2.05 bits per heavy atom. The topological polar surface area (TPSA) is 17.8 Å². The van der Waals surface area contributed by atoms with Crippen LogP contribution in [0.3, 0.4) is 0 Å². The van der Waals surface area contributed by atoms with Gasteiger partial charge in [-0.05, 0) is 30.0 Å². The molecule has 0 aliphatic heterocycles. The van der Waals surface area contributed by atoms with E-state index in [0.29, 0.717) is 16.9 Å². The molecule has 104 valence electrons. The van der Waals surface area contributed by atoms with Crippen molar-refractivity contribution in [2.45, 2.75) is 17.9 Å². The molecule has 2 nitrogen and oxygen atoms in total. The van der Waals surface area contributed by atoms with Crippen LogP contribution in [0.2, 0.25) is 0 Å². The molecule has 0 fully saturated rings. The van der Waals surface area contributed by atoms with Crippen LogP contribution in [0.5, 0.6) is 0 Å². The third kappa shape index (κ3) is 3.54. The van der Waals surface area contributed by atoms with Crippen LogP contribution in [0, 0.1) is 5.82 Å². The summed E-state index contributed by atoms with van der Waals surface area (Å²) in [6.07, 6.45) is 0. The molecule has 8 heteroatoms. The van der Waals surface area contributed by atoms with Crippen LogP contribution < -0.4 is 0 Å². The maximum Gasteiger partial charge on any atom is 0.441 e. The highest BCUT2D eigenvalue weighted by atomic mass is 35.5. The summed E-state index contributed by atoms with van der Waals surface area (Å²) in [7, 11) is 0. The van der Waals surface area contributed by atoms with Gasteiger partial charge in [-0.2, -0.15) is 13.2 Å². The average molecular weight is 313 g/mol. The van der Waals surface area contributed by atoms with Crippen molar-refractivity contribution in [3.8, 4) is 0 Å². The van der Waals surface area contributed by atoms with Crippen molar-refractivity contribution in [3.05, 3.63) is 29.8 Å². The normalized spacial score (nSPS) is 12.3. The maximum absolute atomic E-state index is 13.2. The second kappa shape index (κ2) is 5.58. The Morgan fingerprint density at radius 1 is 1.32 bits per heavy atom. The van der Waals surface area contributed by atoms with Crippen LogP contribution in [-0.4, -0.2) is 20.8 Å². The number of aromatic nitrogens is 2. The van der Waals surface area contributed by atoms with Gasteiger partial charge in [0.25, 0.3) is 0 Å². The predicted molar refractivity (Wildman–Crippen MR) is 67.8 cm³/mol. The van der Waals surface area contributed by atoms with Crippen LogP contribution in [-0.2, 0) is 12.4 Å². The third-order valence-electron chi connectivity index (χ3n) is 2.49. The lowest BCUT2D eigenvalue weighted by molar-refractivity contribution is -0.0328. The SMILES string of the molecule is Fc1ccc2nc(CCl)n(CCSC(F)(F)F)c2c1. The van der Waals surface area contributed by atoms with E-state index in [-0.39, 0.29) is 29.9 Å². The second-order valence-electron chi connectivity index (χ2n) is 3.74. The Bertz CT molecular complexity index is 582. The molecule has 0 aliphatic rings. The van der Waals surface area contributed by atoms with Crippen molar-refractivity contribution in [1.82, 2.24) is 9.55 Å². The van der Waals surface area contributed by atoms with Crippen LogP contribution in [0.15, 0.2) is 18.2 Å². The molecule has 0 amide bonds. The molecule has 0 bridgehead atoms. The lowest BCUT2D eigenvalue weighted by Crippen LogP contribution is -2.09. The van der Waals surface area contributed by atoms with Crippen LogP contribution in [0.4, 0.5) is 17.6 Å². The standard InChI is InChI=1S/C11H9ClF4N2S/c12-6-10-17-8-2-1-7(13)5-9(8)18(10)3-4-19-11(14,15)16/h1-2,5H,3-4,6H2. The summed E-state index contributed by atoms with van der Waals surface area (Å²) < 4.78 is 51.0. The Hall–Kier alpha value is -0.950. The van der Waals surface area contributed by atoms with E-state index < -0.39 is 11.3 Å². The van der Waals surface area contributed by atoms with Gasteiger partial charge in [-0.15, -0.1) is 11.6 Å². The van der Waals surface area contributed by atoms with Gasteiger partial charge >= 0.3 is 5.51 Å². The number of halogens is 5. The minimum Gasteiger partial charge on any atom is -0.326 e. The van der Waals surface area contributed by atoms with E-state index in [4.69, 9.17) is 11.6 Å². The molecule has 0 saturated carbocycles. The van der Waals surface area contributed by atoms with Crippen molar-refractivity contribution in [2.24, 2.45) is 0 Å². The molecule has 0 aliphatic carbocycles. The number of hydrogen-bond acceptors (Lipinski definition) is 2. The van der Waals surface area contributed by atoms with Crippen molar-refractivity contribution in [2.75, 3.05) is 5.75 Å². The summed E-state index contributed by atoms with van der Waals surface area (Å²) in [5.41, 5.74) is -3.30. The molecule has 2 aromatic rings. The molecule has 0 unspecified atom stereocenters. The van der Waals surface area contributed by atoms with Crippen LogP contribution in [0.25, 0.3) is 11.0 Å². The number of hydrogen-bond donors (Lipinski definition) is 0. The van der Waals surface area contributed by atoms with Gasteiger partial charge in [-0.25, -0.2) is 9.37 Å². The minimum absolute atomic E-state index is 0.0625. The molecule has 0 radical (unpaired) electrons. The molecular formula is C11H9ClF4N2S. The number of nitrogens with zero attached hydrogens (tertiary/aromatic N) is 2. The summed E-state index contributed by atoms with van der Waals surface area (Å²) in [4.78, 5) is 4.16. The first-order chi connectivity index (χ1) is 8.90. The number of benzene rings is 1. The molecule has 1 aromatic heterocycles. The summed E-state index contributed by atoms with van der Waals surface area (Å²) in [6, 6.07) is 3.98. The van der Waals surface area contributed by atoms with Gasteiger partial charge < -0.3 is 4.57 Å². The van der Waals surface area contributed by atoms with Gasteiger partial charge in [0.1, 0.15) is 11.6 Å². The van der Waals surface area contributed by atoms with Crippen LogP contribution >= 0.6 is 23.4 Å². The molecule has 1 heterocycles. The number of imidazole rings is 1. The van der Waals surface area contributed by atoms with E-state index in [1.54, 1.807) is 0 Å². The fourth-order valence-electron chi connectivity index (χ4n) is 1.75. The van der Waals surface area contributed by atoms with E-state index in [1.807, 2.05) is 0 Å². The fourth-order valence-corrected chi connectivity index (χ4v) is 2.46. The zero-order chi connectivity index (χ0) is 14.0. The highest BCUT2D eigenvalue weighted by molar-refractivity contribution is 8.00. The zero-order valence-corrected chi connectivity index (χ0v) is 11.1. The molecule has 0 saturated heterocycles. The number of alkyl halides is 4. The quantitative estimate of drug-likeness (QED) is 0.623. The molecular weight excluding hydrogens is 304 g/mol. The Balaban J connectivity index is 2.27. The van der Waals surface area contributed by atoms with Crippen molar-refractivity contribution in [3.63, 3.8) is 0 Å². The Morgan fingerprint density at radius 3 is 2.68 bits per heavy atom. The fraction of sp³-hybridized carbons (Fsp3) is 0.364. The zero-order valence-electron chi connectivity index (χ0n) is 9.55. The highest BCUT2D eigenvalue weighted by Crippen LogP contribution is 2.30. The Kier molecular flexibility index (Phi) is 4.25. The molecule has 0 atom stereocenters. The molecule has 0 N–H and O–H groups in total. The number of thioether (sulfide) groups is 1. The van der Waals surface area contributed by atoms with Gasteiger partial charge in [0, 0.05) is 12.3 Å². The molecule has 1 aromatic carbocycles. The summed E-state index contributed by atoms with van der Waals surface area (Å²) in [5, 5.41) is 0. The van der Waals surface area contributed by atoms with Crippen molar-refractivity contribution >= 4 is 34.4 Å². The van der Waals surface area contributed by atoms with Gasteiger partial charge in [0.2, 0.25) is 0 Å². The van der Waals surface area contributed by atoms with Crippen molar-refractivity contribution < 1.29 is 17.6 Å². The smallest absolute Gasteiger partial charge is 0.326 e. The van der Waals surface area contributed by atoms with E-state index >= 15 is 0 Å². The maximum atomic E-state index is 13.2. The lowest BCUT2D eigenvalue weighted by atomic mass is 10.3. The predicted octanol–water partition coefficient (Wildman–Crippen LogP) is 4.17. The van der Waals surface area contributed by atoms with E-state index in [0.717, 1.165) is 0 Å².